The fraction of sp³-hybridized carbons (Fsp3) is 0.0667. The molecule has 0 aliphatic carbocycles. The number of rotatable bonds is 5. The third-order valence-corrected chi connectivity index (χ3v) is 2.66. The number of amides is 3. The minimum absolute atomic E-state index is 0.129. The van der Waals surface area contributed by atoms with Gasteiger partial charge in [0.05, 0.1) is 11.4 Å². The number of nitrogens with two attached hydrogens (primary N) is 1. The van der Waals surface area contributed by atoms with E-state index in [1.54, 1.807) is 30.3 Å². The first-order valence-corrected chi connectivity index (χ1v) is 6.59. The number of hydrogen-bond acceptors (Lipinski definition) is 4. The molecule has 2 aromatic rings. The summed E-state index contributed by atoms with van der Waals surface area (Å²) >= 11 is 0. The van der Waals surface area contributed by atoms with Crippen molar-refractivity contribution in [3.8, 4) is 0 Å². The number of anilines is 4. The Morgan fingerprint density at radius 3 is 1.73 bits per heavy atom. The molecular formula is C15H17N5O2. The maximum atomic E-state index is 11.0. The van der Waals surface area contributed by atoms with Crippen LogP contribution in [0.3, 0.4) is 0 Å². The SMILES string of the molecule is CC(=O)Nc1cccc(NNc2cccc(NC(N)=O)c2)c1. The maximum Gasteiger partial charge on any atom is 0.316 e. The molecule has 0 spiro atoms. The van der Waals surface area contributed by atoms with E-state index in [1.807, 2.05) is 18.2 Å². The summed E-state index contributed by atoms with van der Waals surface area (Å²) in [7, 11) is 0. The van der Waals surface area contributed by atoms with Crippen molar-refractivity contribution in [2.24, 2.45) is 5.73 Å². The molecule has 0 atom stereocenters. The van der Waals surface area contributed by atoms with Crippen LogP contribution in [0.4, 0.5) is 27.5 Å². The van der Waals surface area contributed by atoms with Gasteiger partial charge in [0.15, 0.2) is 0 Å². The molecule has 0 bridgehead atoms. The Balaban J connectivity index is 2.00. The van der Waals surface area contributed by atoms with E-state index < -0.39 is 6.03 Å². The summed E-state index contributed by atoms with van der Waals surface area (Å²) in [6.07, 6.45) is 0. The number of carbonyl (C=O) groups excluding carboxylic acids is 2. The first-order valence-electron chi connectivity index (χ1n) is 6.59. The molecule has 0 radical (unpaired) electrons. The lowest BCUT2D eigenvalue weighted by Crippen LogP contribution is -2.19. The predicted molar refractivity (Wildman–Crippen MR) is 87.6 cm³/mol. The monoisotopic (exact) mass is 299 g/mol. The Labute approximate surface area is 127 Å². The van der Waals surface area contributed by atoms with Crippen molar-refractivity contribution in [2.75, 3.05) is 21.5 Å². The van der Waals surface area contributed by atoms with Crippen LogP contribution in [-0.2, 0) is 4.79 Å². The number of primary amides is 1. The molecule has 2 aromatic carbocycles. The number of hydrazine groups is 1. The van der Waals surface area contributed by atoms with E-state index in [4.69, 9.17) is 5.73 Å². The zero-order valence-corrected chi connectivity index (χ0v) is 12.0. The normalized spacial score (nSPS) is 9.68. The zero-order valence-electron chi connectivity index (χ0n) is 12.0. The number of urea groups is 1. The summed E-state index contributed by atoms with van der Waals surface area (Å²) in [5.41, 5.74) is 13.9. The van der Waals surface area contributed by atoms with Crippen molar-refractivity contribution in [1.82, 2.24) is 0 Å². The van der Waals surface area contributed by atoms with Crippen molar-refractivity contribution in [2.45, 2.75) is 6.92 Å². The second-order valence-corrected chi connectivity index (χ2v) is 4.58. The van der Waals surface area contributed by atoms with Crippen LogP contribution in [0.2, 0.25) is 0 Å². The molecule has 0 aromatic heterocycles. The van der Waals surface area contributed by atoms with Gasteiger partial charge in [0.25, 0.3) is 0 Å². The van der Waals surface area contributed by atoms with Gasteiger partial charge >= 0.3 is 6.03 Å². The van der Waals surface area contributed by atoms with Crippen LogP contribution in [0.15, 0.2) is 48.5 Å². The van der Waals surface area contributed by atoms with Crippen LogP contribution in [0.5, 0.6) is 0 Å². The van der Waals surface area contributed by atoms with E-state index in [-0.39, 0.29) is 5.91 Å². The van der Waals surface area contributed by atoms with E-state index in [0.717, 1.165) is 11.4 Å². The summed E-state index contributed by atoms with van der Waals surface area (Å²) in [6.45, 7) is 1.45. The van der Waals surface area contributed by atoms with E-state index in [0.29, 0.717) is 11.4 Å². The molecule has 114 valence electrons. The minimum atomic E-state index is -0.617. The van der Waals surface area contributed by atoms with Gasteiger partial charge in [-0.1, -0.05) is 12.1 Å². The molecule has 3 amide bonds. The molecule has 2 rings (SSSR count). The fourth-order valence-electron chi connectivity index (χ4n) is 1.84. The molecule has 7 nitrogen and oxygen atoms in total. The molecule has 22 heavy (non-hydrogen) atoms. The fourth-order valence-corrected chi connectivity index (χ4v) is 1.84. The highest BCUT2D eigenvalue weighted by Crippen LogP contribution is 2.18. The summed E-state index contributed by atoms with van der Waals surface area (Å²) in [5, 5.41) is 5.20. The molecule has 6 N–H and O–H groups in total. The Morgan fingerprint density at radius 1 is 0.818 bits per heavy atom. The van der Waals surface area contributed by atoms with Crippen molar-refractivity contribution in [3.05, 3.63) is 48.5 Å². The van der Waals surface area contributed by atoms with Crippen molar-refractivity contribution in [3.63, 3.8) is 0 Å². The third kappa shape index (κ3) is 4.71. The third-order valence-electron chi connectivity index (χ3n) is 2.66. The van der Waals surface area contributed by atoms with Crippen LogP contribution in [-0.4, -0.2) is 11.9 Å². The van der Waals surface area contributed by atoms with Crippen molar-refractivity contribution < 1.29 is 9.59 Å². The van der Waals surface area contributed by atoms with Crippen LogP contribution >= 0.6 is 0 Å². The highest BCUT2D eigenvalue weighted by molar-refractivity contribution is 5.89. The van der Waals surface area contributed by atoms with Crippen molar-refractivity contribution in [1.29, 1.82) is 0 Å². The van der Waals surface area contributed by atoms with Gasteiger partial charge in [0, 0.05) is 18.3 Å². The Morgan fingerprint density at radius 2 is 1.27 bits per heavy atom. The Hall–Kier alpha value is -3.22. The molecule has 0 saturated heterocycles. The highest BCUT2D eigenvalue weighted by Gasteiger charge is 2.00. The Kier molecular flexibility index (Phi) is 4.81. The molecule has 7 heteroatoms. The van der Waals surface area contributed by atoms with Gasteiger partial charge in [-0.25, -0.2) is 4.79 Å². The van der Waals surface area contributed by atoms with E-state index in [9.17, 15) is 9.59 Å². The molecular weight excluding hydrogens is 282 g/mol. The molecule has 0 saturated carbocycles. The number of benzene rings is 2. The maximum absolute atomic E-state index is 11.0. The van der Waals surface area contributed by atoms with Gasteiger partial charge in [-0.3, -0.25) is 4.79 Å². The first-order chi connectivity index (χ1) is 10.5. The second-order valence-electron chi connectivity index (χ2n) is 4.58. The smallest absolute Gasteiger partial charge is 0.316 e. The number of hydrogen-bond donors (Lipinski definition) is 5. The number of nitrogens with one attached hydrogen (secondary N) is 4. The summed E-state index contributed by atoms with van der Waals surface area (Å²) in [6, 6.07) is 13.7. The zero-order chi connectivity index (χ0) is 15.9. The second kappa shape index (κ2) is 6.98. The number of carbonyl (C=O) groups is 2. The topological polar surface area (TPSA) is 108 Å². The quantitative estimate of drug-likeness (QED) is 0.547. The van der Waals surface area contributed by atoms with E-state index >= 15 is 0 Å². The lowest BCUT2D eigenvalue weighted by atomic mass is 10.2. The molecule has 0 aliphatic rings. The molecule has 0 unspecified atom stereocenters. The van der Waals surface area contributed by atoms with Crippen LogP contribution in [0.25, 0.3) is 0 Å². The summed E-state index contributed by atoms with van der Waals surface area (Å²) in [4.78, 5) is 21.9. The highest BCUT2D eigenvalue weighted by atomic mass is 16.2. The average molecular weight is 299 g/mol. The van der Waals surface area contributed by atoms with Gasteiger partial charge in [0.1, 0.15) is 0 Å². The van der Waals surface area contributed by atoms with Gasteiger partial charge in [-0.05, 0) is 36.4 Å². The average Bonchev–Trinajstić information content (AvgIpc) is 2.44. The lowest BCUT2D eigenvalue weighted by molar-refractivity contribution is -0.114. The summed E-state index contributed by atoms with van der Waals surface area (Å²) in [5.74, 6) is -0.129. The predicted octanol–water partition coefficient (Wildman–Crippen LogP) is 2.57. The van der Waals surface area contributed by atoms with Crippen molar-refractivity contribution >= 4 is 34.7 Å². The van der Waals surface area contributed by atoms with Crippen LogP contribution < -0.4 is 27.2 Å². The van der Waals surface area contributed by atoms with E-state index in [2.05, 4.69) is 21.5 Å². The first kappa shape index (κ1) is 15.2. The van der Waals surface area contributed by atoms with Gasteiger partial charge < -0.3 is 27.2 Å². The largest absolute Gasteiger partial charge is 0.351 e. The lowest BCUT2D eigenvalue weighted by Gasteiger charge is -2.12. The van der Waals surface area contributed by atoms with E-state index in [1.165, 1.54) is 6.92 Å². The molecule has 0 heterocycles. The molecule has 0 fully saturated rings. The van der Waals surface area contributed by atoms with Gasteiger partial charge in [0.2, 0.25) is 5.91 Å². The minimum Gasteiger partial charge on any atom is -0.351 e. The van der Waals surface area contributed by atoms with Gasteiger partial charge in [-0.2, -0.15) is 0 Å². The summed E-state index contributed by atoms with van der Waals surface area (Å²) < 4.78 is 0. The van der Waals surface area contributed by atoms with Gasteiger partial charge in [-0.15, -0.1) is 0 Å². The van der Waals surface area contributed by atoms with Crippen LogP contribution in [0.1, 0.15) is 6.92 Å². The standard InChI is InChI=1S/C15H17N5O2/c1-10(21)17-11-4-2-6-13(8-11)19-20-14-7-3-5-12(9-14)18-15(16)22/h2-9,19-20H,1H3,(H,17,21)(H3,16,18,22). The molecule has 0 aliphatic heterocycles. The van der Waals surface area contributed by atoms with Crippen LogP contribution in [0, 0.1) is 0 Å². The Bertz CT molecular complexity index is 628.